The first-order valence-corrected chi connectivity index (χ1v) is 11.0. The molecule has 3 aromatic heterocycles. The number of halogens is 1. The fourth-order valence-electron chi connectivity index (χ4n) is 4.29. The molecule has 3 atom stereocenters. The van der Waals surface area contributed by atoms with Crippen LogP contribution < -0.4 is 5.32 Å². The van der Waals surface area contributed by atoms with Gasteiger partial charge in [0, 0.05) is 24.2 Å². The highest BCUT2D eigenvalue weighted by molar-refractivity contribution is 5.95. The van der Waals surface area contributed by atoms with Crippen molar-refractivity contribution in [1.29, 1.82) is 0 Å². The van der Waals surface area contributed by atoms with E-state index in [1.807, 2.05) is 0 Å². The van der Waals surface area contributed by atoms with Gasteiger partial charge in [0.15, 0.2) is 11.8 Å². The normalized spacial score (nSPS) is 19.5. The van der Waals surface area contributed by atoms with Gasteiger partial charge in [-0.05, 0) is 24.5 Å². The SMILES string of the molecule is Cn1cc(-c2ccc(C(F)c3cc(C(=O)N[C@H]4CCCC[C@@H]4O)nc4ccoc34)cc2)nn1. The lowest BCUT2D eigenvalue weighted by atomic mass is 9.92. The van der Waals surface area contributed by atoms with Gasteiger partial charge in [-0.1, -0.05) is 42.3 Å². The maximum absolute atomic E-state index is 15.7. The Morgan fingerprint density at radius 1 is 1.24 bits per heavy atom. The van der Waals surface area contributed by atoms with Crippen LogP contribution in [0.5, 0.6) is 0 Å². The van der Waals surface area contributed by atoms with Crippen LogP contribution in [0.4, 0.5) is 4.39 Å². The van der Waals surface area contributed by atoms with Gasteiger partial charge in [-0.15, -0.1) is 5.10 Å². The molecule has 0 aliphatic heterocycles. The third-order valence-corrected chi connectivity index (χ3v) is 6.09. The number of pyridine rings is 1. The van der Waals surface area contributed by atoms with Crippen molar-refractivity contribution in [3.05, 3.63) is 65.7 Å². The zero-order valence-electron chi connectivity index (χ0n) is 18.1. The molecule has 1 unspecified atom stereocenters. The number of fused-ring (bicyclic) bond motifs is 1. The number of aliphatic hydroxyl groups is 1. The number of aromatic nitrogens is 4. The summed E-state index contributed by atoms with van der Waals surface area (Å²) in [5.74, 6) is -0.435. The van der Waals surface area contributed by atoms with Crippen molar-refractivity contribution in [3.8, 4) is 11.3 Å². The molecule has 2 N–H and O–H groups in total. The van der Waals surface area contributed by atoms with Crippen molar-refractivity contribution in [1.82, 2.24) is 25.3 Å². The van der Waals surface area contributed by atoms with Crippen molar-refractivity contribution in [2.75, 3.05) is 0 Å². The van der Waals surface area contributed by atoms with Gasteiger partial charge in [-0.2, -0.15) is 0 Å². The number of amides is 1. The van der Waals surface area contributed by atoms with E-state index in [0.29, 0.717) is 35.2 Å². The van der Waals surface area contributed by atoms with Gasteiger partial charge in [-0.25, -0.2) is 9.37 Å². The Hall–Kier alpha value is -3.59. The summed E-state index contributed by atoms with van der Waals surface area (Å²) in [6.07, 6.45) is 4.35. The first-order chi connectivity index (χ1) is 16.0. The number of nitrogens with one attached hydrogen (secondary N) is 1. The number of carbonyl (C=O) groups excluding carboxylic acids is 1. The summed E-state index contributed by atoms with van der Waals surface area (Å²) in [5, 5.41) is 21.0. The van der Waals surface area contributed by atoms with Crippen LogP contribution in [-0.4, -0.2) is 43.1 Å². The van der Waals surface area contributed by atoms with E-state index in [-0.39, 0.29) is 17.3 Å². The van der Waals surface area contributed by atoms with Crippen LogP contribution in [-0.2, 0) is 7.05 Å². The summed E-state index contributed by atoms with van der Waals surface area (Å²) < 4.78 is 22.8. The maximum Gasteiger partial charge on any atom is 0.270 e. The minimum absolute atomic E-state index is 0.0931. The Balaban J connectivity index is 1.43. The molecule has 0 saturated heterocycles. The molecule has 1 saturated carbocycles. The molecule has 33 heavy (non-hydrogen) atoms. The molecule has 3 heterocycles. The van der Waals surface area contributed by atoms with Gasteiger partial charge < -0.3 is 14.8 Å². The molecule has 1 aliphatic rings. The average Bonchev–Trinajstić information content (AvgIpc) is 3.48. The number of rotatable bonds is 5. The van der Waals surface area contributed by atoms with E-state index in [9.17, 15) is 9.90 Å². The molecule has 0 radical (unpaired) electrons. The van der Waals surface area contributed by atoms with Crippen molar-refractivity contribution >= 4 is 17.0 Å². The lowest BCUT2D eigenvalue weighted by molar-refractivity contribution is 0.0714. The second kappa shape index (κ2) is 8.74. The summed E-state index contributed by atoms with van der Waals surface area (Å²) in [5.41, 5.74) is 2.96. The Morgan fingerprint density at radius 3 is 2.76 bits per heavy atom. The number of aryl methyl sites for hydroxylation is 1. The molecule has 0 spiro atoms. The molecule has 1 fully saturated rings. The van der Waals surface area contributed by atoms with Crippen molar-refractivity contribution < 1.29 is 18.7 Å². The van der Waals surface area contributed by atoms with Crippen LogP contribution in [0.2, 0.25) is 0 Å². The highest BCUT2D eigenvalue weighted by Gasteiger charge is 2.27. The molecule has 8 nitrogen and oxygen atoms in total. The topological polar surface area (TPSA) is 106 Å². The number of benzene rings is 1. The predicted molar refractivity (Wildman–Crippen MR) is 119 cm³/mol. The molecule has 9 heteroatoms. The summed E-state index contributed by atoms with van der Waals surface area (Å²) in [7, 11) is 1.78. The van der Waals surface area contributed by atoms with E-state index >= 15 is 4.39 Å². The average molecular weight is 449 g/mol. The summed E-state index contributed by atoms with van der Waals surface area (Å²) >= 11 is 0. The lowest BCUT2D eigenvalue weighted by Gasteiger charge is -2.28. The highest BCUT2D eigenvalue weighted by Crippen LogP contribution is 2.33. The lowest BCUT2D eigenvalue weighted by Crippen LogP contribution is -2.45. The van der Waals surface area contributed by atoms with E-state index in [0.717, 1.165) is 18.4 Å². The number of alkyl halides is 1. The number of carbonyl (C=O) groups is 1. The van der Waals surface area contributed by atoms with Crippen molar-refractivity contribution in [3.63, 3.8) is 0 Å². The molecule has 1 amide bonds. The van der Waals surface area contributed by atoms with Gasteiger partial charge in [0.2, 0.25) is 0 Å². The zero-order chi connectivity index (χ0) is 22.9. The standard InChI is InChI=1S/C24H24FN5O3/c1-30-13-20(28-29-30)14-6-8-15(9-7-14)22(25)16-12-19(26-18-10-11-33-23(16)18)24(32)27-17-4-2-3-5-21(17)31/h6-13,17,21-22,31H,2-5H2,1H3,(H,27,32)/t17-,21-,22?/m0/s1. The summed E-state index contributed by atoms with van der Waals surface area (Å²) in [6, 6.07) is 9.64. The van der Waals surface area contributed by atoms with E-state index in [4.69, 9.17) is 4.42 Å². The molecule has 5 rings (SSSR count). The van der Waals surface area contributed by atoms with E-state index in [1.165, 1.54) is 12.3 Å². The molecule has 1 aromatic carbocycles. The summed E-state index contributed by atoms with van der Waals surface area (Å²) in [4.78, 5) is 17.2. The Kier molecular flexibility index (Phi) is 5.63. The monoisotopic (exact) mass is 449 g/mol. The van der Waals surface area contributed by atoms with Gasteiger partial charge in [0.25, 0.3) is 5.91 Å². The summed E-state index contributed by atoms with van der Waals surface area (Å²) in [6.45, 7) is 0. The maximum atomic E-state index is 15.7. The fraction of sp³-hybridized carbons (Fsp3) is 0.333. The third-order valence-electron chi connectivity index (χ3n) is 6.09. The largest absolute Gasteiger partial charge is 0.462 e. The van der Waals surface area contributed by atoms with Crippen LogP contribution in [0.3, 0.4) is 0 Å². The first kappa shape index (κ1) is 21.3. The van der Waals surface area contributed by atoms with Gasteiger partial charge >= 0.3 is 0 Å². The van der Waals surface area contributed by atoms with E-state index in [1.54, 1.807) is 48.3 Å². The molecule has 170 valence electrons. The second-order valence-corrected chi connectivity index (χ2v) is 8.43. The van der Waals surface area contributed by atoms with Crippen LogP contribution in [0, 0.1) is 0 Å². The molecule has 0 bridgehead atoms. The second-order valence-electron chi connectivity index (χ2n) is 8.43. The third kappa shape index (κ3) is 4.23. The molecule has 4 aromatic rings. The Bertz CT molecular complexity index is 1280. The van der Waals surface area contributed by atoms with Crippen molar-refractivity contribution in [2.45, 2.75) is 44.0 Å². The van der Waals surface area contributed by atoms with Crippen LogP contribution in [0.25, 0.3) is 22.4 Å². The number of nitrogens with zero attached hydrogens (tertiary/aromatic N) is 4. The quantitative estimate of drug-likeness (QED) is 0.481. The van der Waals surface area contributed by atoms with Crippen LogP contribution >= 0.6 is 0 Å². The van der Waals surface area contributed by atoms with Crippen molar-refractivity contribution in [2.24, 2.45) is 7.05 Å². The van der Waals surface area contributed by atoms with Gasteiger partial charge in [0.05, 0.1) is 24.6 Å². The highest BCUT2D eigenvalue weighted by atomic mass is 19.1. The number of aliphatic hydroxyl groups excluding tert-OH is 1. The van der Waals surface area contributed by atoms with Crippen LogP contribution in [0.15, 0.2) is 53.3 Å². The first-order valence-electron chi connectivity index (χ1n) is 11.0. The van der Waals surface area contributed by atoms with E-state index in [2.05, 4.69) is 20.6 Å². The number of hydrogen-bond donors (Lipinski definition) is 2. The minimum atomic E-state index is -1.52. The van der Waals surface area contributed by atoms with Gasteiger partial charge in [-0.3, -0.25) is 9.48 Å². The Labute approximate surface area is 189 Å². The molecular formula is C24H24FN5O3. The van der Waals surface area contributed by atoms with Gasteiger partial charge in [0.1, 0.15) is 16.9 Å². The Morgan fingerprint density at radius 2 is 2.03 bits per heavy atom. The predicted octanol–water partition coefficient (Wildman–Crippen LogP) is 3.72. The smallest absolute Gasteiger partial charge is 0.270 e. The molecular weight excluding hydrogens is 425 g/mol. The molecule has 1 aliphatic carbocycles. The zero-order valence-corrected chi connectivity index (χ0v) is 18.1. The fourth-order valence-corrected chi connectivity index (χ4v) is 4.29. The van der Waals surface area contributed by atoms with E-state index < -0.39 is 18.2 Å². The minimum Gasteiger partial charge on any atom is -0.462 e. The number of hydrogen-bond acceptors (Lipinski definition) is 6. The van der Waals surface area contributed by atoms with Crippen LogP contribution in [0.1, 0.15) is 53.5 Å². The number of furan rings is 1.